The fourth-order valence-corrected chi connectivity index (χ4v) is 3.96. The summed E-state index contributed by atoms with van der Waals surface area (Å²) in [6, 6.07) is 25.2. The molecule has 0 aliphatic heterocycles. The van der Waals surface area contributed by atoms with Crippen molar-refractivity contribution in [3.8, 4) is 17.2 Å². The van der Waals surface area contributed by atoms with Gasteiger partial charge < -0.3 is 19.5 Å². The minimum Gasteiger partial charge on any atom is -0.497 e. The first-order valence-corrected chi connectivity index (χ1v) is 11.3. The van der Waals surface area contributed by atoms with E-state index in [1.165, 1.54) is 16.7 Å². The maximum atomic E-state index is 5.83. The molecule has 0 aromatic heterocycles. The van der Waals surface area contributed by atoms with E-state index in [0.717, 1.165) is 30.2 Å². The number of nitrogens with one attached hydrogen (secondary N) is 1. The Bertz CT molecular complexity index is 951. The average Bonchev–Trinajstić information content (AvgIpc) is 2.82. The molecule has 0 aliphatic carbocycles. The van der Waals surface area contributed by atoms with Gasteiger partial charge in [0.05, 0.1) is 20.3 Å². The van der Waals surface area contributed by atoms with Crippen molar-refractivity contribution in [2.45, 2.75) is 45.3 Å². The maximum Gasteiger partial charge on any atom is 0.122 e. The van der Waals surface area contributed by atoms with Crippen molar-refractivity contribution in [2.24, 2.45) is 0 Å². The van der Waals surface area contributed by atoms with Crippen LogP contribution in [0, 0.1) is 0 Å². The van der Waals surface area contributed by atoms with E-state index in [1.54, 1.807) is 14.2 Å². The molecule has 0 saturated carbocycles. The predicted octanol–water partition coefficient (Wildman–Crippen LogP) is 6.36. The van der Waals surface area contributed by atoms with Crippen LogP contribution in [0.25, 0.3) is 0 Å². The molecule has 0 radical (unpaired) electrons. The van der Waals surface area contributed by atoms with E-state index in [0.29, 0.717) is 0 Å². The zero-order valence-electron chi connectivity index (χ0n) is 19.8. The van der Waals surface area contributed by atoms with Crippen molar-refractivity contribution < 1.29 is 14.2 Å². The van der Waals surface area contributed by atoms with E-state index in [9.17, 15) is 0 Å². The van der Waals surface area contributed by atoms with Gasteiger partial charge in [-0.1, -0.05) is 42.5 Å². The van der Waals surface area contributed by atoms with Crippen molar-refractivity contribution in [3.63, 3.8) is 0 Å². The first-order chi connectivity index (χ1) is 15.5. The Morgan fingerprint density at radius 3 is 1.97 bits per heavy atom. The number of ether oxygens (including phenoxy) is 3. The molecular weight excluding hydrogens is 398 g/mol. The third-order valence-corrected chi connectivity index (χ3v) is 5.67. The van der Waals surface area contributed by atoms with Crippen molar-refractivity contribution >= 4 is 0 Å². The Balaban J connectivity index is 1.75. The Morgan fingerprint density at radius 1 is 0.719 bits per heavy atom. The van der Waals surface area contributed by atoms with Gasteiger partial charge in [-0.3, -0.25) is 0 Å². The Labute approximate surface area is 192 Å². The molecule has 1 N–H and O–H groups in total. The van der Waals surface area contributed by atoms with Gasteiger partial charge in [-0.15, -0.1) is 0 Å². The van der Waals surface area contributed by atoms with Gasteiger partial charge in [0.2, 0.25) is 0 Å². The fourth-order valence-electron chi connectivity index (χ4n) is 3.96. The zero-order chi connectivity index (χ0) is 22.9. The number of para-hydroxylation sites is 1. The second kappa shape index (κ2) is 11.6. The Hall–Kier alpha value is -2.98. The highest BCUT2D eigenvalue weighted by Gasteiger charge is 2.19. The highest BCUT2D eigenvalue weighted by molar-refractivity contribution is 5.43. The number of benzene rings is 3. The van der Waals surface area contributed by atoms with Gasteiger partial charge >= 0.3 is 0 Å². The van der Waals surface area contributed by atoms with Gasteiger partial charge in [0, 0.05) is 17.5 Å². The zero-order valence-corrected chi connectivity index (χ0v) is 19.8. The van der Waals surface area contributed by atoms with Crippen molar-refractivity contribution in [1.82, 2.24) is 5.32 Å². The highest BCUT2D eigenvalue weighted by Crippen LogP contribution is 2.35. The lowest BCUT2D eigenvalue weighted by atomic mass is 9.87. The second-order valence-electron chi connectivity index (χ2n) is 8.27. The summed E-state index contributed by atoms with van der Waals surface area (Å²) in [6.45, 7) is 7.15. The molecule has 4 heteroatoms. The Kier molecular flexibility index (Phi) is 8.57. The number of methoxy groups -OCH3 is 2. The van der Waals surface area contributed by atoms with Crippen LogP contribution in [0.2, 0.25) is 0 Å². The van der Waals surface area contributed by atoms with E-state index in [4.69, 9.17) is 14.2 Å². The van der Waals surface area contributed by atoms with E-state index in [2.05, 4.69) is 60.8 Å². The first-order valence-electron chi connectivity index (χ1n) is 11.3. The number of hydrogen-bond donors (Lipinski definition) is 1. The summed E-state index contributed by atoms with van der Waals surface area (Å²) in [4.78, 5) is 0. The summed E-state index contributed by atoms with van der Waals surface area (Å²) in [6.07, 6.45) is 1.11. The number of rotatable bonds is 11. The second-order valence-corrected chi connectivity index (χ2v) is 8.27. The quantitative estimate of drug-likeness (QED) is 0.382. The molecular formula is C28H35NO3. The molecule has 0 amide bonds. The molecule has 170 valence electrons. The smallest absolute Gasteiger partial charge is 0.122 e. The number of hydrogen-bond acceptors (Lipinski definition) is 4. The summed E-state index contributed by atoms with van der Waals surface area (Å²) in [7, 11) is 3.43. The SMILES string of the molecule is COc1ccc([C@H](C)NCC[C@H](c2ccc(OC(C)C)cc2)c2ccccc2OC)cc1. The average molecular weight is 434 g/mol. The van der Waals surface area contributed by atoms with Gasteiger partial charge in [0.25, 0.3) is 0 Å². The van der Waals surface area contributed by atoms with E-state index >= 15 is 0 Å². The molecule has 0 saturated heterocycles. The summed E-state index contributed by atoms with van der Waals surface area (Å²) in [5, 5.41) is 3.68. The molecule has 3 aromatic carbocycles. The molecule has 0 fully saturated rings. The Morgan fingerprint density at radius 2 is 1.34 bits per heavy atom. The normalized spacial score (nSPS) is 12.9. The van der Waals surface area contributed by atoms with Gasteiger partial charge in [-0.05, 0) is 75.2 Å². The topological polar surface area (TPSA) is 39.7 Å². The first kappa shape index (κ1) is 23.7. The molecule has 0 aliphatic rings. The lowest BCUT2D eigenvalue weighted by molar-refractivity contribution is 0.242. The molecule has 0 heterocycles. The van der Waals surface area contributed by atoms with E-state index < -0.39 is 0 Å². The molecule has 0 spiro atoms. The summed E-state index contributed by atoms with van der Waals surface area (Å²) in [5.74, 6) is 2.91. The van der Waals surface area contributed by atoms with Gasteiger partial charge in [-0.2, -0.15) is 0 Å². The van der Waals surface area contributed by atoms with Gasteiger partial charge in [-0.25, -0.2) is 0 Å². The van der Waals surface area contributed by atoms with Crippen LogP contribution < -0.4 is 19.5 Å². The molecule has 3 rings (SSSR count). The molecule has 3 aromatic rings. The van der Waals surface area contributed by atoms with Crippen LogP contribution >= 0.6 is 0 Å². The molecule has 0 unspecified atom stereocenters. The van der Waals surface area contributed by atoms with Crippen LogP contribution in [0.4, 0.5) is 0 Å². The van der Waals surface area contributed by atoms with Crippen molar-refractivity contribution in [3.05, 3.63) is 89.5 Å². The van der Waals surface area contributed by atoms with Crippen LogP contribution in [-0.4, -0.2) is 26.9 Å². The third-order valence-electron chi connectivity index (χ3n) is 5.67. The fraction of sp³-hybridized carbons (Fsp3) is 0.357. The van der Waals surface area contributed by atoms with Crippen LogP contribution in [0.5, 0.6) is 17.2 Å². The van der Waals surface area contributed by atoms with E-state index in [-0.39, 0.29) is 18.1 Å². The lowest BCUT2D eigenvalue weighted by Crippen LogP contribution is -2.22. The summed E-state index contributed by atoms with van der Waals surface area (Å²) >= 11 is 0. The van der Waals surface area contributed by atoms with Crippen LogP contribution in [0.3, 0.4) is 0 Å². The van der Waals surface area contributed by atoms with Gasteiger partial charge in [0.1, 0.15) is 17.2 Å². The summed E-state index contributed by atoms with van der Waals surface area (Å²) in [5.41, 5.74) is 3.70. The molecule has 0 bridgehead atoms. The largest absolute Gasteiger partial charge is 0.497 e. The minimum absolute atomic E-state index is 0.162. The van der Waals surface area contributed by atoms with Crippen LogP contribution in [0.1, 0.15) is 55.8 Å². The van der Waals surface area contributed by atoms with Crippen molar-refractivity contribution in [1.29, 1.82) is 0 Å². The predicted molar refractivity (Wildman–Crippen MR) is 131 cm³/mol. The minimum atomic E-state index is 0.162. The van der Waals surface area contributed by atoms with Crippen molar-refractivity contribution in [2.75, 3.05) is 20.8 Å². The van der Waals surface area contributed by atoms with E-state index in [1.807, 2.05) is 38.1 Å². The monoisotopic (exact) mass is 433 g/mol. The molecule has 32 heavy (non-hydrogen) atoms. The maximum absolute atomic E-state index is 5.83. The molecule has 4 nitrogen and oxygen atoms in total. The van der Waals surface area contributed by atoms with Crippen LogP contribution in [0.15, 0.2) is 72.8 Å². The standard InChI is InChI=1S/C28H35NO3/c1-20(2)32-25-16-12-23(13-17-25)26(27-8-6-7-9-28(27)31-5)18-19-29-21(3)22-10-14-24(30-4)15-11-22/h6-17,20-21,26,29H,18-19H2,1-5H3/t21-,26+/m0/s1. The van der Waals surface area contributed by atoms with Gasteiger partial charge in [0.15, 0.2) is 0 Å². The third kappa shape index (κ3) is 6.27. The molecule has 2 atom stereocenters. The van der Waals surface area contributed by atoms with Crippen LogP contribution in [-0.2, 0) is 0 Å². The lowest BCUT2D eigenvalue weighted by Gasteiger charge is -2.23. The summed E-state index contributed by atoms with van der Waals surface area (Å²) < 4.78 is 16.8. The highest BCUT2D eigenvalue weighted by atomic mass is 16.5.